The van der Waals surface area contributed by atoms with Gasteiger partial charge in [-0.15, -0.1) is 0 Å². The average molecular weight is 374 g/mol. The molecule has 0 spiro atoms. The molecule has 4 rings (SSSR count). The largest absolute Gasteiger partial charge is 0.480 e. The zero-order valence-corrected chi connectivity index (χ0v) is 14.3. The highest BCUT2D eigenvalue weighted by Crippen LogP contribution is 2.27. The standard InChI is InChI=1S/C17H18FN7O2/c1-19-14-6-13(23-12-5-9(18)7-20-17(12)27-2)24-15-11(8-21-25(14)15)16(26)22-10-3-4-10/h5-8,10,19H,3-4H2,1-2H3,(H,22,26)(H,23,24)/i2D3. The summed E-state index contributed by atoms with van der Waals surface area (Å²) in [6, 6.07) is 2.76. The second-order valence-electron chi connectivity index (χ2n) is 6.05. The van der Waals surface area contributed by atoms with Gasteiger partial charge < -0.3 is 20.7 Å². The number of pyridine rings is 1. The van der Waals surface area contributed by atoms with E-state index in [9.17, 15) is 9.18 Å². The molecule has 1 aliphatic rings. The van der Waals surface area contributed by atoms with Gasteiger partial charge in [-0.05, 0) is 12.8 Å². The van der Waals surface area contributed by atoms with Crippen LogP contribution >= 0.6 is 0 Å². The van der Waals surface area contributed by atoms with Gasteiger partial charge >= 0.3 is 0 Å². The number of hydrogen-bond donors (Lipinski definition) is 3. The van der Waals surface area contributed by atoms with Crippen LogP contribution in [0.25, 0.3) is 5.65 Å². The van der Waals surface area contributed by atoms with E-state index in [2.05, 4.69) is 31.0 Å². The average Bonchev–Trinajstić information content (AvgIpc) is 3.37. The van der Waals surface area contributed by atoms with E-state index in [1.165, 1.54) is 10.7 Å². The summed E-state index contributed by atoms with van der Waals surface area (Å²) in [4.78, 5) is 20.6. The Bertz CT molecular complexity index is 1110. The number of methoxy groups -OCH3 is 1. The third-order valence-corrected chi connectivity index (χ3v) is 4.06. The summed E-state index contributed by atoms with van der Waals surface area (Å²) in [5, 5.41) is 12.8. The molecule has 27 heavy (non-hydrogen) atoms. The second kappa shape index (κ2) is 6.71. The van der Waals surface area contributed by atoms with E-state index in [4.69, 9.17) is 8.85 Å². The van der Waals surface area contributed by atoms with E-state index >= 15 is 0 Å². The molecule has 1 saturated carbocycles. The summed E-state index contributed by atoms with van der Waals surface area (Å²) in [6.45, 7) is 0. The fraction of sp³-hybridized carbons (Fsp3) is 0.294. The Kier molecular flexibility index (Phi) is 3.41. The monoisotopic (exact) mass is 374 g/mol. The molecule has 0 unspecified atom stereocenters. The number of amides is 1. The lowest BCUT2D eigenvalue weighted by atomic mass is 10.3. The summed E-state index contributed by atoms with van der Waals surface area (Å²) in [5.74, 6) is -0.604. The minimum atomic E-state index is -2.77. The molecule has 1 amide bonds. The smallest absolute Gasteiger partial charge is 0.256 e. The molecule has 3 heterocycles. The molecular weight excluding hydrogens is 353 g/mol. The number of nitrogens with one attached hydrogen (secondary N) is 3. The van der Waals surface area contributed by atoms with Gasteiger partial charge in [-0.2, -0.15) is 9.61 Å². The molecule has 0 saturated heterocycles. The first kappa shape index (κ1) is 13.7. The number of ether oxygens (including phenoxy) is 1. The van der Waals surface area contributed by atoms with Crippen LogP contribution in [0.2, 0.25) is 0 Å². The molecule has 0 radical (unpaired) electrons. The van der Waals surface area contributed by atoms with Gasteiger partial charge in [0.25, 0.3) is 5.91 Å². The third-order valence-electron chi connectivity index (χ3n) is 4.06. The van der Waals surface area contributed by atoms with Gasteiger partial charge in [-0.25, -0.2) is 14.4 Å². The predicted molar refractivity (Wildman–Crippen MR) is 97.1 cm³/mol. The van der Waals surface area contributed by atoms with E-state index in [1.54, 1.807) is 13.1 Å². The Morgan fingerprint density at radius 1 is 1.41 bits per heavy atom. The number of fused-ring (bicyclic) bond motifs is 1. The fourth-order valence-electron chi connectivity index (χ4n) is 2.59. The zero-order valence-electron chi connectivity index (χ0n) is 17.3. The van der Waals surface area contributed by atoms with Gasteiger partial charge in [0.2, 0.25) is 5.88 Å². The summed E-state index contributed by atoms with van der Waals surface area (Å²) in [6.07, 6.45) is 4.13. The van der Waals surface area contributed by atoms with Crippen molar-refractivity contribution in [3.8, 4) is 5.88 Å². The highest BCUT2D eigenvalue weighted by atomic mass is 19.1. The molecule has 1 aliphatic carbocycles. The van der Waals surface area contributed by atoms with Crippen molar-refractivity contribution in [1.82, 2.24) is 24.9 Å². The minimum absolute atomic E-state index is 0.0338. The Labute approximate surface area is 158 Å². The van der Waals surface area contributed by atoms with Crippen LogP contribution in [0.4, 0.5) is 21.7 Å². The van der Waals surface area contributed by atoms with E-state index in [1.807, 2.05) is 0 Å². The highest BCUT2D eigenvalue weighted by Gasteiger charge is 2.26. The molecule has 0 bridgehead atoms. The van der Waals surface area contributed by atoms with Crippen molar-refractivity contribution >= 4 is 28.9 Å². The SMILES string of the molecule is [2H]C([2H])([2H])Oc1ncc(F)cc1Nc1cc(NC)n2ncc(C(=O)NC3CC3)c2n1. The van der Waals surface area contributed by atoms with Crippen molar-refractivity contribution in [1.29, 1.82) is 0 Å². The molecule has 3 aromatic heterocycles. The summed E-state index contributed by atoms with van der Waals surface area (Å²) >= 11 is 0. The van der Waals surface area contributed by atoms with Gasteiger partial charge in [0, 0.05) is 25.2 Å². The lowest BCUT2D eigenvalue weighted by molar-refractivity contribution is 0.0952. The quantitative estimate of drug-likeness (QED) is 0.605. The first-order chi connectivity index (χ1) is 14.2. The first-order valence-corrected chi connectivity index (χ1v) is 8.22. The van der Waals surface area contributed by atoms with Crippen LogP contribution in [0.3, 0.4) is 0 Å². The van der Waals surface area contributed by atoms with Gasteiger partial charge in [0.05, 0.1) is 23.5 Å². The Balaban J connectivity index is 1.72. The topological polar surface area (TPSA) is 105 Å². The lowest BCUT2D eigenvalue weighted by Gasteiger charge is -2.12. The van der Waals surface area contributed by atoms with Crippen molar-refractivity contribution in [2.75, 3.05) is 24.7 Å². The van der Waals surface area contributed by atoms with Crippen molar-refractivity contribution < 1.29 is 18.0 Å². The number of anilines is 3. The number of aromatic nitrogens is 4. The van der Waals surface area contributed by atoms with Crippen LogP contribution in [0.15, 0.2) is 24.5 Å². The van der Waals surface area contributed by atoms with Crippen molar-refractivity contribution in [2.24, 2.45) is 0 Å². The van der Waals surface area contributed by atoms with E-state index in [0.717, 1.165) is 25.1 Å². The summed E-state index contributed by atoms with van der Waals surface area (Å²) in [5.41, 5.74) is 0.511. The number of carbonyl (C=O) groups is 1. The third kappa shape index (κ3) is 3.33. The fourth-order valence-corrected chi connectivity index (χ4v) is 2.59. The summed E-state index contributed by atoms with van der Waals surface area (Å²) in [7, 11) is -1.11. The number of halogens is 1. The van der Waals surface area contributed by atoms with Gasteiger partial charge in [0.1, 0.15) is 28.7 Å². The second-order valence-corrected chi connectivity index (χ2v) is 6.05. The van der Waals surface area contributed by atoms with Crippen molar-refractivity contribution in [3.05, 3.63) is 35.9 Å². The molecule has 1 fully saturated rings. The lowest BCUT2D eigenvalue weighted by Crippen LogP contribution is -2.25. The molecule has 3 aromatic rings. The predicted octanol–water partition coefficient (Wildman–Crippen LogP) is 1.95. The molecule has 0 aromatic carbocycles. The minimum Gasteiger partial charge on any atom is -0.480 e. The van der Waals surface area contributed by atoms with Crippen LogP contribution in [-0.2, 0) is 0 Å². The maximum absolute atomic E-state index is 13.7. The van der Waals surface area contributed by atoms with Crippen molar-refractivity contribution in [2.45, 2.75) is 18.9 Å². The summed E-state index contributed by atoms with van der Waals surface area (Å²) < 4.78 is 41.8. The molecule has 10 heteroatoms. The molecule has 0 aliphatic heterocycles. The number of rotatable bonds is 6. The number of carbonyl (C=O) groups excluding carboxylic acids is 1. The first-order valence-electron chi connectivity index (χ1n) is 9.72. The molecule has 140 valence electrons. The van der Waals surface area contributed by atoms with E-state index < -0.39 is 12.9 Å². The Hall–Kier alpha value is -3.43. The molecule has 0 atom stereocenters. The van der Waals surface area contributed by atoms with Gasteiger partial charge in [-0.1, -0.05) is 0 Å². The van der Waals surface area contributed by atoms with Crippen LogP contribution in [-0.4, -0.2) is 45.6 Å². The zero-order chi connectivity index (χ0) is 21.5. The molecular formula is C17H18FN7O2. The normalized spacial score (nSPS) is 15.6. The van der Waals surface area contributed by atoms with Crippen LogP contribution in [0, 0.1) is 5.82 Å². The Morgan fingerprint density at radius 3 is 3.00 bits per heavy atom. The molecule has 9 nitrogen and oxygen atoms in total. The van der Waals surface area contributed by atoms with Gasteiger partial charge in [0.15, 0.2) is 5.65 Å². The highest BCUT2D eigenvalue weighted by molar-refractivity contribution is 6.00. The molecule has 3 N–H and O–H groups in total. The number of hydrogen-bond acceptors (Lipinski definition) is 7. The maximum Gasteiger partial charge on any atom is 0.256 e. The van der Waals surface area contributed by atoms with E-state index in [-0.39, 0.29) is 40.5 Å². The van der Waals surface area contributed by atoms with Gasteiger partial charge in [-0.3, -0.25) is 4.79 Å². The van der Waals surface area contributed by atoms with Crippen molar-refractivity contribution in [3.63, 3.8) is 0 Å². The van der Waals surface area contributed by atoms with Crippen LogP contribution in [0.1, 0.15) is 27.3 Å². The van der Waals surface area contributed by atoms with Crippen LogP contribution in [0.5, 0.6) is 5.88 Å². The number of nitrogens with zero attached hydrogens (tertiary/aromatic N) is 4. The Morgan fingerprint density at radius 2 is 2.26 bits per heavy atom. The maximum atomic E-state index is 13.7. The van der Waals surface area contributed by atoms with E-state index in [0.29, 0.717) is 5.82 Å². The van der Waals surface area contributed by atoms with Crippen LogP contribution < -0.4 is 20.7 Å².